The Morgan fingerprint density at radius 3 is 2.88 bits per heavy atom. The van der Waals surface area contributed by atoms with Gasteiger partial charge in [-0.3, -0.25) is 18.7 Å². The van der Waals surface area contributed by atoms with Gasteiger partial charge in [0.1, 0.15) is 22.4 Å². The zero-order chi connectivity index (χ0) is 24.4. The van der Waals surface area contributed by atoms with Gasteiger partial charge in [0.25, 0.3) is 5.56 Å². The molecule has 4 rings (SSSR count). The summed E-state index contributed by atoms with van der Waals surface area (Å²) in [6, 6.07) is 9.84. The Morgan fingerprint density at radius 2 is 2.18 bits per heavy atom. The number of rotatable bonds is 7. The van der Waals surface area contributed by atoms with Crippen LogP contribution in [0.3, 0.4) is 0 Å². The van der Waals surface area contributed by atoms with E-state index in [-0.39, 0.29) is 29.6 Å². The molecule has 0 aliphatic carbocycles. The lowest BCUT2D eigenvalue weighted by Crippen LogP contribution is -2.23. The number of hydrogen-bond acceptors (Lipinski definition) is 6. The van der Waals surface area contributed by atoms with Gasteiger partial charge in [0.15, 0.2) is 5.16 Å². The first kappa shape index (κ1) is 23.5. The van der Waals surface area contributed by atoms with Gasteiger partial charge >= 0.3 is 0 Å². The standard InChI is InChI=1S/C24H20FN5O2S2/c1-4-9-29-23(32)21-19(8-10-33-21)27-24(29)34-13-20(31)28-22-18(12-26)14(2)15(3)30(22)17-7-5-6-16(25)11-17/h4-8,10-11H,1,9,13H2,2-3H3,(H,28,31). The van der Waals surface area contributed by atoms with Crippen LogP contribution in [0.5, 0.6) is 0 Å². The van der Waals surface area contributed by atoms with Gasteiger partial charge in [-0.15, -0.1) is 17.9 Å². The Labute approximate surface area is 203 Å². The topological polar surface area (TPSA) is 92.7 Å². The highest BCUT2D eigenvalue weighted by molar-refractivity contribution is 7.99. The van der Waals surface area contributed by atoms with Gasteiger partial charge in [-0.05, 0) is 49.1 Å². The molecule has 0 aliphatic heterocycles. The summed E-state index contributed by atoms with van der Waals surface area (Å²) in [6.45, 7) is 7.55. The van der Waals surface area contributed by atoms with Gasteiger partial charge in [0.2, 0.25) is 5.91 Å². The number of aromatic nitrogens is 3. The van der Waals surface area contributed by atoms with E-state index >= 15 is 0 Å². The summed E-state index contributed by atoms with van der Waals surface area (Å²) in [5.74, 6) is -0.583. The van der Waals surface area contributed by atoms with E-state index < -0.39 is 5.82 Å². The highest BCUT2D eigenvalue weighted by atomic mass is 32.2. The number of carbonyl (C=O) groups excluding carboxylic acids is 1. The van der Waals surface area contributed by atoms with Gasteiger partial charge in [-0.25, -0.2) is 9.37 Å². The molecule has 34 heavy (non-hydrogen) atoms. The summed E-state index contributed by atoms with van der Waals surface area (Å²) in [7, 11) is 0. The fourth-order valence-electron chi connectivity index (χ4n) is 3.62. The number of nitriles is 1. The number of anilines is 1. The summed E-state index contributed by atoms with van der Waals surface area (Å²) < 4.78 is 17.6. The van der Waals surface area contributed by atoms with E-state index in [4.69, 9.17) is 0 Å². The second-order valence-electron chi connectivity index (χ2n) is 7.43. The molecule has 7 nitrogen and oxygen atoms in total. The van der Waals surface area contributed by atoms with E-state index in [0.29, 0.717) is 32.2 Å². The monoisotopic (exact) mass is 493 g/mol. The van der Waals surface area contributed by atoms with Crippen LogP contribution in [-0.2, 0) is 11.3 Å². The van der Waals surface area contributed by atoms with Crippen molar-refractivity contribution in [3.05, 3.63) is 81.4 Å². The summed E-state index contributed by atoms with van der Waals surface area (Å²) in [5.41, 5.74) is 2.61. The van der Waals surface area contributed by atoms with Crippen molar-refractivity contribution in [3.63, 3.8) is 0 Å². The number of benzene rings is 1. The predicted molar refractivity (Wildman–Crippen MR) is 133 cm³/mol. The third-order valence-corrected chi connectivity index (χ3v) is 7.19. The van der Waals surface area contributed by atoms with Crippen LogP contribution < -0.4 is 10.9 Å². The number of hydrogen-bond donors (Lipinski definition) is 1. The lowest BCUT2D eigenvalue weighted by atomic mass is 10.2. The molecule has 1 amide bonds. The van der Waals surface area contributed by atoms with Gasteiger partial charge in [0.05, 0.1) is 22.5 Å². The van der Waals surface area contributed by atoms with Crippen LogP contribution in [0.15, 0.2) is 58.3 Å². The highest BCUT2D eigenvalue weighted by Gasteiger charge is 2.21. The predicted octanol–water partition coefficient (Wildman–Crippen LogP) is 4.79. The molecule has 0 fully saturated rings. The van der Waals surface area contributed by atoms with Crippen LogP contribution in [0.4, 0.5) is 10.2 Å². The molecule has 0 saturated heterocycles. The molecular weight excluding hydrogens is 473 g/mol. The minimum Gasteiger partial charge on any atom is -0.310 e. The first-order valence-electron chi connectivity index (χ1n) is 10.2. The third-order valence-electron chi connectivity index (χ3n) is 5.32. The van der Waals surface area contributed by atoms with Crippen molar-refractivity contribution in [2.24, 2.45) is 0 Å². The van der Waals surface area contributed by atoms with Crippen molar-refractivity contribution in [2.75, 3.05) is 11.1 Å². The number of halogens is 1. The van der Waals surface area contributed by atoms with Gasteiger partial charge in [-0.2, -0.15) is 5.26 Å². The summed E-state index contributed by atoms with van der Waals surface area (Å²) in [5, 5.41) is 14.7. The number of nitrogens with one attached hydrogen (secondary N) is 1. The van der Waals surface area contributed by atoms with E-state index in [2.05, 4.69) is 22.9 Å². The van der Waals surface area contributed by atoms with Gasteiger partial charge in [0, 0.05) is 12.2 Å². The van der Waals surface area contributed by atoms with E-state index in [1.54, 1.807) is 48.1 Å². The van der Waals surface area contributed by atoms with Gasteiger partial charge in [-0.1, -0.05) is 23.9 Å². The van der Waals surface area contributed by atoms with Crippen LogP contribution in [0, 0.1) is 31.0 Å². The normalized spacial score (nSPS) is 10.9. The molecule has 4 aromatic rings. The number of allylic oxidation sites excluding steroid dienone is 1. The minimum absolute atomic E-state index is 0.0451. The maximum atomic E-state index is 13.9. The molecule has 0 aliphatic rings. The van der Waals surface area contributed by atoms with Crippen molar-refractivity contribution in [3.8, 4) is 11.8 Å². The molecule has 10 heteroatoms. The average Bonchev–Trinajstić information content (AvgIpc) is 3.37. The fraction of sp³-hybridized carbons (Fsp3) is 0.167. The number of fused-ring (bicyclic) bond motifs is 1. The van der Waals surface area contributed by atoms with Crippen molar-refractivity contribution in [2.45, 2.75) is 25.5 Å². The summed E-state index contributed by atoms with van der Waals surface area (Å²) >= 11 is 2.44. The number of carbonyl (C=O) groups is 1. The van der Waals surface area contributed by atoms with Gasteiger partial charge < -0.3 is 5.32 Å². The summed E-state index contributed by atoms with van der Waals surface area (Å²) in [4.78, 5) is 30.3. The van der Waals surface area contributed by atoms with Crippen molar-refractivity contribution < 1.29 is 9.18 Å². The smallest absolute Gasteiger partial charge is 0.272 e. The minimum atomic E-state index is -0.426. The Balaban J connectivity index is 1.64. The number of thiophene rings is 1. The Bertz CT molecular complexity index is 1530. The zero-order valence-corrected chi connectivity index (χ0v) is 20.1. The van der Waals surface area contributed by atoms with Crippen LogP contribution in [0.1, 0.15) is 16.8 Å². The lowest BCUT2D eigenvalue weighted by molar-refractivity contribution is -0.113. The molecule has 0 bridgehead atoms. The van der Waals surface area contributed by atoms with Crippen LogP contribution in [0.25, 0.3) is 15.9 Å². The SMILES string of the molecule is C=CCn1c(SCC(=O)Nc2c(C#N)c(C)c(C)n2-c2cccc(F)c2)nc2ccsc2c1=O. The molecule has 0 spiro atoms. The molecule has 1 N–H and O–H groups in total. The second kappa shape index (κ2) is 9.67. The zero-order valence-electron chi connectivity index (χ0n) is 18.5. The molecule has 1 aromatic carbocycles. The molecule has 3 aromatic heterocycles. The first-order chi connectivity index (χ1) is 16.3. The first-order valence-corrected chi connectivity index (χ1v) is 12.1. The number of amides is 1. The largest absolute Gasteiger partial charge is 0.310 e. The maximum absolute atomic E-state index is 13.9. The molecule has 0 radical (unpaired) electrons. The van der Waals surface area contributed by atoms with E-state index in [1.807, 2.05) is 0 Å². The number of nitrogens with zero attached hydrogens (tertiary/aromatic N) is 4. The fourth-order valence-corrected chi connectivity index (χ4v) is 5.21. The average molecular weight is 494 g/mol. The number of thioether (sulfide) groups is 1. The maximum Gasteiger partial charge on any atom is 0.272 e. The Kier molecular flexibility index (Phi) is 6.68. The van der Waals surface area contributed by atoms with E-state index in [0.717, 1.165) is 17.5 Å². The van der Waals surface area contributed by atoms with Crippen molar-refractivity contribution >= 4 is 45.0 Å². The van der Waals surface area contributed by atoms with Crippen LogP contribution in [-0.4, -0.2) is 25.8 Å². The van der Waals surface area contributed by atoms with E-state index in [9.17, 15) is 19.2 Å². The van der Waals surface area contributed by atoms with Crippen LogP contribution in [0.2, 0.25) is 0 Å². The molecule has 3 heterocycles. The Hall–Kier alpha value is -3.68. The quantitative estimate of drug-likeness (QED) is 0.227. The lowest BCUT2D eigenvalue weighted by Gasteiger charge is -2.14. The highest BCUT2D eigenvalue weighted by Crippen LogP contribution is 2.30. The second-order valence-corrected chi connectivity index (χ2v) is 9.29. The molecule has 0 saturated carbocycles. The van der Waals surface area contributed by atoms with Crippen molar-refractivity contribution in [1.29, 1.82) is 5.26 Å². The molecule has 0 unspecified atom stereocenters. The molecule has 0 atom stereocenters. The van der Waals surface area contributed by atoms with E-state index in [1.165, 1.54) is 28.0 Å². The molecular formula is C24H20FN5O2S2. The summed E-state index contributed by atoms with van der Waals surface area (Å²) in [6.07, 6.45) is 1.60. The third kappa shape index (κ3) is 4.27. The molecule has 172 valence electrons. The van der Waals surface area contributed by atoms with Crippen molar-refractivity contribution in [1.82, 2.24) is 14.1 Å². The van der Waals surface area contributed by atoms with Crippen LogP contribution >= 0.6 is 23.1 Å². The Morgan fingerprint density at radius 1 is 1.38 bits per heavy atom.